The van der Waals surface area contributed by atoms with Crippen molar-refractivity contribution in [1.82, 2.24) is 0 Å². The molecule has 0 spiro atoms. The van der Waals surface area contributed by atoms with E-state index in [0.29, 0.717) is 0 Å². The number of aryl methyl sites for hydroxylation is 2. The highest BCUT2D eigenvalue weighted by atomic mass is 32.1. The van der Waals surface area contributed by atoms with E-state index < -0.39 is 0 Å². The van der Waals surface area contributed by atoms with Crippen molar-refractivity contribution in [1.29, 1.82) is 0 Å². The largest absolute Gasteiger partial charge is 0.140 e. The third kappa shape index (κ3) is 5.00. The first-order chi connectivity index (χ1) is 16.8. The van der Waals surface area contributed by atoms with E-state index >= 15 is 0 Å². The van der Waals surface area contributed by atoms with Crippen LogP contribution in [-0.2, 0) is 12.8 Å². The number of fused-ring (bicyclic) bond motifs is 8. The number of unbranched alkanes of at least 4 members (excludes halogenated alkanes) is 10. The number of thiophene rings is 2. The van der Waals surface area contributed by atoms with Gasteiger partial charge in [0.15, 0.2) is 0 Å². The van der Waals surface area contributed by atoms with Crippen LogP contribution in [0.15, 0.2) is 36.4 Å². The lowest BCUT2D eigenvalue weighted by molar-refractivity contribution is 0.609. The molecule has 0 unspecified atom stereocenters. The predicted octanol–water partition coefficient (Wildman–Crippen LogP) is 11.6. The van der Waals surface area contributed by atoms with Crippen molar-refractivity contribution in [3.63, 3.8) is 0 Å². The molecule has 0 aliphatic heterocycles. The quantitative estimate of drug-likeness (QED) is 0.136. The van der Waals surface area contributed by atoms with Gasteiger partial charge in [0.05, 0.1) is 0 Å². The van der Waals surface area contributed by atoms with Gasteiger partial charge in [-0.25, -0.2) is 0 Å². The molecular formula is C32H40S2. The first-order valence-electron chi connectivity index (χ1n) is 13.9. The summed E-state index contributed by atoms with van der Waals surface area (Å²) < 4.78 is 3.04. The molecule has 0 saturated carbocycles. The number of benzene rings is 2. The molecule has 2 heterocycles. The minimum atomic E-state index is 1.25. The predicted molar refractivity (Wildman–Crippen MR) is 156 cm³/mol. The average Bonchev–Trinajstić information content (AvgIpc) is 3.42. The molecule has 5 rings (SSSR count). The zero-order chi connectivity index (χ0) is 23.3. The summed E-state index contributed by atoms with van der Waals surface area (Å²) in [5.74, 6) is 0. The molecule has 2 heteroatoms. The fourth-order valence-electron chi connectivity index (χ4n) is 5.61. The summed E-state index contributed by atoms with van der Waals surface area (Å²) in [7, 11) is 0. The van der Waals surface area contributed by atoms with E-state index in [9.17, 15) is 0 Å². The first kappa shape index (κ1) is 24.1. The molecule has 0 amide bonds. The third-order valence-corrected chi connectivity index (χ3v) is 10.0. The normalized spacial score (nSPS) is 12.3. The van der Waals surface area contributed by atoms with Gasteiger partial charge in [-0.05, 0) is 59.7 Å². The molecule has 2 aromatic carbocycles. The van der Waals surface area contributed by atoms with E-state index in [4.69, 9.17) is 0 Å². The summed E-state index contributed by atoms with van der Waals surface area (Å²) in [6, 6.07) is 14.5. The Hall–Kier alpha value is -1.64. The summed E-state index contributed by atoms with van der Waals surface area (Å²) in [6.07, 6.45) is 19.0. The van der Waals surface area contributed by atoms with E-state index in [2.05, 4.69) is 72.9 Å². The van der Waals surface area contributed by atoms with Crippen LogP contribution in [0, 0.1) is 0 Å². The first-order valence-corrected chi connectivity index (χ1v) is 15.5. The molecule has 1 aliphatic carbocycles. The minimum Gasteiger partial charge on any atom is -0.140 e. The molecule has 1 aliphatic rings. The molecule has 0 fully saturated rings. The molecule has 0 bridgehead atoms. The second-order valence-corrected chi connectivity index (χ2v) is 12.5. The molecule has 34 heavy (non-hydrogen) atoms. The highest BCUT2D eigenvalue weighted by molar-refractivity contribution is 7.20. The second-order valence-electron chi connectivity index (χ2n) is 10.3. The Morgan fingerprint density at radius 3 is 1.35 bits per heavy atom. The van der Waals surface area contributed by atoms with Crippen molar-refractivity contribution in [2.75, 3.05) is 0 Å². The van der Waals surface area contributed by atoms with Crippen molar-refractivity contribution < 1.29 is 0 Å². The van der Waals surface area contributed by atoms with E-state index in [0.717, 1.165) is 0 Å². The van der Waals surface area contributed by atoms with Crippen molar-refractivity contribution in [2.24, 2.45) is 0 Å². The maximum absolute atomic E-state index is 2.46. The Balaban J connectivity index is 1.28. The zero-order valence-corrected chi connectivity index (χ0v) is 22.8. The molecule has 0 saturated heterocycles. The summed E-state index contributed by atoms with van der Waals surface area (Å²) in [5, 5.41) is 2.90. The van der Waals surface area contributed by atoms with Crippen molar-refractivity contribution in [3.8, 4) is 22.3 Å². The Kier molecular flexibility index (Phi) is 8.07. The highest BCUT2D eigenvalue weighted by Gasteiger charge is 2.28. The van der Waals surface area contributed by atoms with Gasteiger partial charge < -0.3 is 0 Å². The highest BCUT2D eigenvalue weighted by Crippen LogP contribution is 2.56. The van der Waals surface area contributed by atoms with Gasteiger partial charge in [0.25, 0.3) is 0 Å². The van der Waals surface area contributed by atoms with Gasteiger partial charge in [0.1, 0.15) is 0 Å². The van der Waals surface area contributed by atoms with Crippen molar-refractivity contribution >= 4 is 42.8 Å². The Morgan fingerprint density at radius 2 is 0.912 bits per heavy atom. The molecule has 2 aromatic heterocycles. The second kappa shape index (κ2) is 11.4. The Labute approximate surface area is 214 Å². The van der Waals surface area contributed by atoms with Gasteiger partial charge in [0, 0.05) is 30.3 Å². The number of rotatable bonds is 14. The van der Waals surface area contributed by atoms with Crippen LogP contribution < -0.4 is 0 Å². The zero-order valence-electron chi connectivity index (χ0n) is 21.2. The number of hydrogen-bond acceptors (Lipinski definition) is 2. The van der Waals surface area contributed by atoms with Crippen LogP contribution in [0.1, 0.15) is 101 Å². The van der Waals surface area contributed by atoms with Crippen LogP contribution in [0.2, 0.25) is 0 Å². The molecule has 0 nitrogen and oxygen atoms in total. The lowest BCUT2D eigenvalue weighted by atomic mass is 9.79. The van der Waals surface area contributed by atoms with Crippen LogP contribution >= 0.6 is 22.7 Å². The smallest absolute Gasteiger partial charge is 0.0430 e. The Bertz CT molecular complexity index is 1130. The summed E-state index contributed by atoms with van der Waals surface area (Å²) in [6.45, 7) is 4.59. The molecule has 0 radical (unpaired) electrons. The molecular weight excluding hydrogens is 448 g/mol. The van der Waals surface area contributed by atoms with E-state index in [1.54, 1.807) is 9.75 Å². The molecule has 180 valence electrons. The lowest BCUT2D eigenvalue weighted by Gasteiger charge is -2.25. The SMILES string of the molecule is CCCCCCCCc1cc2ccc3c(c2s1)-c1ccc2cc(CCCCCCCC)sc2c1-3. The van der Waals surface area contributed by atoms with Crippen LogP contribution in [0.25, 0.3) is 42.4 Å². The third-order valence-electron chi connectivity index (χ3n) is 7.57. The number of hydrogen-bond donors (Lipinski definition) is 0. The molecule has 0 N–H and O–H groups in total. The van der Waals surface area contributed by atoms with Gasteiger partial charge >= 0.3 is 0 Å². The van der Waals surface area contributed by atoms with Gasteiger partial charge in [-0.3, -0.25) is 0 Å². The molecule has 0 atom stereocenters. The van der Waals surface area contributed by atoms with Crippen molar-refractivity contribution in [3.05, 3.63) is 46.2 Å². The fraction of sp³-hybridized carbons (Fsp3) is 0.500. The monoisotopic (exact) mass is 488 g/mol. The van der Waals surface area contributed by atoms with Gasteiger partial charge in [-0.15, -0.1) is 22.7 Å². The fourth-order valence-corrected chi connectivity index (χ4v) is 8.13. The average molecular weight is 489 g/mol. The van der Waals surface area contributed by atoms with Crippen molar-refractivity contribution in [2.45, 2.75) is 104 Å². The Morgan fingerprint density at radius 1 is 0.500 bits per heavy atom. The van der Waals surface area contributed by atoms with Crippen LogP contribution in [0.5, 0.6) is 0 Å². The maximum Gasteiger partial charge on any atom is 0.0430 e. The summed E-state index contributed by atoms with van der Waals surface area (Å²) in [5.41, 5.74) is 6.04. The van der Waals surface area contributed by atoms with Gasteiger partial charge in [-0.1, -0.05) is 102 Å². The van der Waals surface area contributed by atoms with Crippen LogP contribution in [0.4, 0.5) is 0 Å². The van der Waals surface area contributed by atoms with E-state index in [1.165, 1.54) is 132 Å². The molecule has 4 aromatic rings. The van der Waals surface area contributed by atoms with E-state index in [-0.39, 0.29) is 0 Å². The van der Waals surface area contributed by atoms with Crippen LogP contribution in [-0.4, -0.2) is 0 Å². The lowest BCUT2D eigenvalue weighted by Crippen LogP contribution is -1.98. The summed E-state index contributed by atoms with van der Waals surface area (Å²) in [4.78, 5) is 3.15. The van der Waals surface area contributed by atoms with Gasteiger partial charge in [-0.2, -0.15) is 0 Å². The van der Waals surface area contributed by atoms with Gasteiger partial charge in [0.2, 0.25) is 0 Å². The standard InChI is InChI=1S/C32H40S2/c1-3-5-7-9-11-13-15-25-21-23-17-19-27-29(31(23)33-25)28-20-18-24-22-26(34-32(24)30(27)28)16-14-12-10-8-6-4-2/h17-22H,3-16H2,1-2H3. The summed E-state index contributed by atoms with van der Waals surface area (Å²) >= 11 is 4.11. The van der Waals surface area contributed by atoms with Crippen LogP contribution in [0.3, 0.4) is 0 Å². The minimum absolute atomic E-state index is 1.25. The topological polar surface area (TPSA) is 0 Å². The maximum atomic E-state index is 2.46. The van der Waals surface area contributed by atoms with E-state index in [1.807, 2.05) is 0 Å².